The second kappa shape index (κ2) is 5.95. The third-order valence-electron chi connectivity index (χ3n) is 3.02. The van der Waals surface area contributed by atoms with E-state index in [4.69, 9.17) is 9.47 Å². The second-order valence-electron chi connectivity index (χ2n) is 4.26. The first kappa shape index (κ1) is 13.7. The van der Waals surface area contributed by atoms with Gasteiger partial charge in [-0.2, -0.15) is 0 Å². The number of aliphatic hydroxyl groups excluding tert-OH is 1. The first-order valence-electron chi connectivity index (χ1n) is 5.92. The zero-order valence-electron chi connectivity index (χ0n) is 10.4. The molecule has 1 aliphatic heterocycles. The Bertz CT molecular complexity index is 460. The molecule has 4 atom stereocenters. The van der Waals surface area contributed by atoms with Gasteiger partial charge in [-0.15, -0.1) is 0 Å². The van der Waals surface area contributed by atoms with Gasteiger partial charge in [-0.25, -0.2) is 9.18 Å². The van der Waals surface area contributed by atoms with Crippen LogP contribution in [0.4, 0.5) is 4.39 Å². The lowest BCUT2D eigenvalue weighted by molar-refractivity contribution is -0.165. The summed E-state index contributed by atoms with van der Waals surface area (Å²) >= 11 is 0. The quantitative estimate of drug-likeness (QED) is 0.840. The van der Waals surface area contributed by atoms with E-state index in [1.54, 1.807) is 30.3 Å². The number of carbonyl (C=O) groups excluding carboxylic acids is 1. The van der Waals surface area contributed by atoms with Crippen LogP contribution in [-0.2, 0) is 14.3 Å². The summed E-state index contributed by atoms with van der Waals surface area (Å²) in [5.41, 5.74) is 0.329. The molecule has 0 saturated carbocycles. The number of carbonyl (C=O) groups is 1. The third-order valence-corrected chi connectivity index (χ3v) is 3.02. The average Bonchev–Trinajstić information content (AvgIpc) is 2.46. The molecule has 0 radical (unpaired) electrons. The molecule has 0 spiro atoms. The van der Waals surface area contributed by atoms with Crippen molar-refractivity contribution in [3.63, 3.8) is 0 Å². The first-order valence-corrected chi connectivity index (χ1v) is 5.92. The highest BCUT2D eigenvalue weighted by molar-refractivity contribution is 5.83. The molecule has 5 heteroatoms. The summed E-state index contributed by atoms with van der Waals surface area (Å²) in [5.74, 6) is -0.613. The van der Waals surface area contributed by atoms with Crippen molar-refractivity contribution in [3.8, 4) is 0 Å². The molecule has 1 aromatic rings. The Labute approximate surface area is 110 Å². The molecule has 2 rings (SSSR count). The minimum atomic E-state index is -1.65. The smallest absolute Gasteiger partial charge is 0.330 e. The highest BCUT2D eigenvalue weighted by atomic mass is 19.1. The molecule has 1 aliphatic rings. The number of cyclic esters (lactones) is 1. The highest BCUT2D eigenvalue weighted by Gasteiger charge is 2.38. The fourth-order valence-electron chi connectivity index (χ4n) is 2.00. The second-order valence-corrected chi connectivity index (χ2v) is 4.26. The zero-order chi connectivity index (χ0) is 13.8. The van der Waals surface area contributed by atoms with Crippen LogP contribution < -0.4 is 0 Å². The van der Waals surface area contributed by atoms with Crippen LogP contribution in [0.25, 0.3) is 0 Å². The lowest BCUT2D eigenvalue weighted by Gasteiger charge is -2.31. The van der Waals surface area contributed by atoms with Crippen molar-refractivity contribution in [3.05, 3.63) is 48.0 Å². The number of rotatable bonds is 4. The molecule has 0 amide bonds. The van der Waals surface area contributed by atoms with Crippen molar-refractivity contribution in [2.45, 2.75) is 24.5 Å². The van der Waals surface area contributed by atoms with Crippen molar-refractivity contribution in [1.29, 1.82) is 0 Å². The molecule has 4 nitrogen and oxygen atoms in total. The molecule has 102 valence electrons. The number of alkyl halides is 1. The summed E-state index contributed by atoms with van der Waals surface area (Å²) in [6.45, 7) is 0. The molecule has 4 unspecified atom stereocenters. The molecule has 19 heavy (non-hydrogen) atoms. The maximum atomic E-state index is 14.2. The van der Waals surface area contributed by atoms with E-state index in [2.05, 4.69) is 0 Å². The van der Waals surface area contributed by atoms with Crippen LogP contribution in [0, 0.1) is 0 Å². The van der Waals surface area contributed by atoms with Crippen molar-refractivity contribution in [1.82, 2.24) is 0 Å². The van der Waals surface area contributed by atoms with E-state index in [-0.39, 0.29) is 0 Å². The van der Waals surface area contributed by atoms with Crippen molar-refractivity contribution < 1.29 is 23.8 Å². The monoisotopic (exact) mass is 266 g/mol. The van der Waals surface area contributed by atoms with E-state index in [0.717, 1.165) is 0 Å². The normalized spacial score (nSPS) is 25.7. The SMILES string of the molecule is COC1C=CC(=O)OC1C(O)C(F)c1ccccc1. The third kappa shape index (κ3) is 3.00. The van der Waals surface area contributed by atoms with Crippen LogP contribution in [0.3, 0.4) is 0 Å². The Hall–Kier alpha value is -1.72. The van der Waals surface area contributed by atoms with Crippen LogP contribution in [0.1, 0.15) is 11.7 Å². The van der Waals surface area contributed by atoms with E-state index >= 15 is 0 Å². The van der Waals surface area contributed by atoms with Gasteiger partial charge in [-0.05, 0) is 11.6 Å². The molecule has 0 saturated heterocycles. The van der Waals surface area contributed by atoms with Gasteiger partial charge < -0.3 is 14.6 Å². The Morgan fingerprint density at radius 2 is 2.05 bits per heavy atom. The fraction of sp³-hybridized carbons (Fsp3) is 0.357. The predicted molar refractivity (Wildman–Crippen MR) is 66.1 cm³/mol. The average molecular weight is 266 g/mol. The molecule has 1 N–H and O–H groups in total. The maximum Gasteiger partial charge on any atom is 0.330 e. The van der Waals surface area contributed by atoms with Gasteiger partial charge in [0.2, 0.25) is 0 Å². The number of methoxy groups -OCH3 is 1. The number of hydrogen-bond acceptors (Lipinski definition) is 4. The summed E-state index contributed by atoms with van der Waals surface area (Å²) in [5, 5.41) is 10.0. The van der Waals surface area contributed by atoms with Gasteiger partial charge in [0.1, 0.15) is 12.2 Å². The maximum absolute atomic E-state index is 14.2. The lowest BCUT2D eigenvalue weighted by Crippen LogP contribution is -2.45. The van der Waals surface area contributed by atoms with Crippen LogP contribution in [0.15, 0.2) is 42.5 Å². The minimum absolute atomic E-state index is 0.329. The molecule has 1 aromatic carbocycles. The Balaban J connectivity index is 2.16. The van der Waals surface area contributed by atoms with Gasteiger partial charge in [0.25, 0.3) is 0 Å². The molecule has 0 aromatic heterocycles. The van der Waals surface area contributed by atoms with E-state index in [9.17, 15) is 14.3 Å². The summed E-state index contributed by atoms with van der Waals surface area (Å²) in [6.07, 6.45) is -2.19. The van der Waals surface area contributed by atoms with Crippen molar-refractivity contribution in [2.24, 2.45) is 0 Å². The van der Waals surface area contributed by atoms with Gasteiger partial charge in [0, 0.05) is 13.2 Å². The van der Waals surface area contributed by atoms with Crippen LogP contribution in [-0.4, -0.2) is 36.5 Å². The molecular formula is C14H15FO4. The molecular weight excluding hydrogens is 251 g/mol. The molecule has 0 aliphatic carbocycles. The van der Waals surface area contributed by atoms with Gasteiger partial charge in [-0.3, -0.25) is 0 Å². The standard InChI is InChI=1S/C14H15FO4/c1-18-10-7-8-11(16)19-14(10)13(17)12(15)9-5-3-2-4-6-9/h2-8,10,12-14,17H,1H3. The lowest BCUT2D eigenvalue weighted by atomic mass is 9.97. The Kier molecular flexibility index (Phi) is 4.29. The molecule has 0 bridgehead atoms. The highest BCUT2D eigenvalue weighted by Crippen LogP contribution is 2.28. The first-order chi connectivity index (χ1) is 9.13. The van der Waals surface area contributed by atoms with E-state index in [1.807, 2.05) is 0 Å². The Morgan fingerprint density at radius 3 is 2.68 bits per heavy atom. The number of benzene rings is 1. The largest absolute Gasteiger partial charge is 0.453 e. The number of aliphatic hydroxyl groups is 1. The summed E-state index contributed by atoms with van der Waals surface area (Å²) < 4.78 is 24.3. The van der Waals surface area contributed by atoms with Crippen LogP contribution in [0.2, 0.25) is 0 Å². The van der Waals surface area contributed by atoms with Crippen LogP contribution >= 0.6 is 0 Å². The minimum Gasteiger partial charge on any atom is -0.453 e. The van der Waals surface area contributed by atoms with E-state index < -0.39 is 30.5 Å². The van der Waals surface area contributed by atoms with Gasteiger partial charge in [-0.1, -0.05) is 30.3 Å². The summed E-state index contributed by atoms with van der Waals surface area (Å²) in [7, 11) is 1.41. The number of esters is 1. The fourth-order valence-corrected chi connectivity index (χ4v) is 2.00. The number of ether oxygens (including phenoxy) is 2. The number of hydrogen-bond donors (Lipinski definition) is 1. The topological polar surface area (TPSA) is 55.8 Å². The molecule has 1 heterocycles. The van der Waals surface area contributed by atoms with E-state index in [1.165, 1.54) is 19.3 Å². The molecule has 0 fully saturated rings. The van der Waals surface area contributed by atoms with E-state index in [0.29, 0.717) is 5.56 Å². The summed E-state index contributed by atoms with van der Waals surface area (Å²) in [4.78, 5) is 11.2. The van der Waals surface area contributed by atoms with Crippen molar-refractivity contribution >= 4 is 5.97 Å². The van der Waals surface area contributed by atoms with Gasteiger partial charge in [0.15, 0.2) is 12.3 Å². The van der Waals surface area contributed by atoms with Crippen LogP contribution in [0.5, 0.6) is 0 Å². The number of halogens is 1. The van der Waals surface area contributed by atoms with Gasteiger partial charge >= 0.3 is 5.97 Å². The van der Waals surface area contributed by atoms with Crippen molar-refractivity contribution in [2.75, 3.05) is 7.11 Å². The van der Waals surface area contributed by atoms with Gasteiger partial charge in [0.05, 0.1) is 0 Å². The zero-order valence-corrected chi connectivity index (χ0v) is 10.4. The summed E-state index contributed by atoms with van der Waals surface area (Å²) in [6, 6.07) is 8.24. The predicted octanol–water partition coefficient (Wildman–Crippen LogP) is 1.55. The Morgan fingerprint density at radius 1 is 1.37 bits per heavy atom.